The number of halogens is 1. The fourth-order valence-electron chi connectivity index (χ4n) is 2.93. The van der Waals surface area contributed by atoms with Crippen LogP contribution in [0.3, 0.4) is 0 Å². The second-order valence-electron chi connectivity index (χ2n) is 6.33. The van der Waals surface area contributed by atoms with Gasteiger partial charge in [0.25, 0.3) is 5.91 Å². The summed E-state index contributed by atoms with van der Waals surface area (Å²) in [6.45, 7) is 0. The standard InChI is InChI=1S/C18H22ClN5O2/c1-26-14-4-2-3-13(9-14)23-18-21-10-15(19)16(24-18)17(25)22-12-7-5-11(20)6-8-12/h2-4,9-12H,5-8,20H2,1H3,(H,22,25)(H,21,23,24). The summed E-state index contributed by atoms with van der Waals surface area (Å²) in [6, 6.07) is 7.67. The molecule has 1 amide bonds. The van der Waals surface area contributed by atoms with E-state index in [1.807, 2.05) is 24.3 Å². The van der Waals surface area contributed by atoms with E-state index in [0.29, 0.717) is 11.7 Å². The number of benzene rings is 1. The van der Waals surface area contributed by atoms with Gasteiger partial charge in [0.15, 0.2) is 5.69 Å². The van der Waals surface area contributed by atoms with Crippen LogP contribution in [0.25, 0.3) is 0 Å². The minimum atomic E-state index is -0.299. The molecule has 1 aromatic carbocycles. The van der Waals surface area contributed by atoms with Crippen molar-refractivity contribution in [3.8, 4) is 5.75 Å². The van der Waals surface area contributed by atoms with Crippen LogP contribution < -0.4 is 21.1 Å². The van der Waals surface area contributed by atoms with Crippen LogP contribution in [0.2, 0.25) is 5.02 Å². The van der Waals surface area contributed by atoms with Crippen molar-refractivity contribution >= 4 is 29.1 Å². The largest absolute Gasteiger partial charge is 0.497 e. The molecule has 0 unspecified atom stereocenters. The van der Waals surface area contributed by atoms with Crippen LogP contribution in [0.4, 0.5) is 11.6 Å². The molecular weight excluding hydrogens is 354 g/mol. The lowest BCUT2D eigenvalue weighted by molar-refractivity contribution is 0.0921. The van der Waals surface area contributed by atoms with Gasteiger partial charge in [-0.3, -0.25) is 4.79 Å². The van der Waals surface area contributed by atoms with Crippen LogP contribution in [-0.4, -0.2) is 35.1 Å². The van der Waals surface area contributed by atoms with E-state index in [2.05, 4.69) is 20.6 Å². The highest BCUT2D eigenvalue weighted by Crippen LogP contribution is 2.22. The molecule has 138 valence electrons. The SMILES string of the molecule is COc1cccc(Nc2ncc(Cl)c(C(=O)NC3CCC(N)CC3)n2)c1. The Morgan fingerprint density at radius 3 is 2.81 bits per heavy atom. The average molecular weight is 376 g/mol. The van der Waals surface area contributed by atoms with Gasteiger partial charge in [-0.2, -0.15) is 0 Å². The van der Waals surface area contributed by atoms with Crippen LogP contribution in [0.1, 0.15) is 36.2 Å². The van der Waals surface area contributed by atoms with Crippen molar-refractivity contribution in [2.45, 2.75) is 37.8 Å². The van der Waals surface area contributed by atoms with Crippen LogP contribution in [0, 0.1) is 0 Å². The zero-order chi connectivity index (χ0) is 18.5. The molecule has 7 nitrogen and oxygen atoms in total. The second kappa shape index (κ2) is 8.33. The molecule has 0 aliphatic heterocycles. The Hall–Kier alpha value is -2.38. The van der Waals surface area contributed by atoms with Gasteiger partial charge >= 0.3 is 0 Å². The number of nitrogens with one attached hydrogen (secondary N) is 2. The molecule has 0 radical (unpaired) electrons. The number of hydrogen-bond donors (Lipinski definition) is 3. The van der Waals surface area contributed by atoms with E-state index in [-0.39, 0.29) is 28.7 Å². The third-order valence-corrected chi connectivity index (χ3v) is 4.67. The lowest BCUT2D eigenvalue weighted by Crippen LogP contribution is -2.40. The van der Waals surface area contributed by atoms with Crippen LogP contribution in [-0.2, 0) is 0 Å². The summed E-state index contributed by atoms with van der Waals surface area (Å²) in [5.74, 6) is 0.697. The smallest absolute Gasteiger partial charge is 0.271 e. The van der Waals surface area contributed by atoms with Crippen molar-refractivity contribution in [3.05, 3.63) is 41.2 Å². The Bertz CT molecular complexity index is 778. The summed E-state index contributed by atoms with van der Waals surface area (Å²) < 4.78 is 5.19. The summed E-state index contributed by atoms with van der Waals surface area (Å²) >= 11 is 6.13. The van der Waals surface area contributed by atoms with Crippen molar-refractivity contribution in [2.75, 3.05) is 12.4 Å². The third-order valence-electron chi connectivity index (χ3n) is 4.39. The van der Waals surface area contributed by atoms with Gasteiger partial charge < -0.3 is 21.1 Å². The number of hydrogen-bond acceptors (Lipinski definition) is 6. The molecule has 1 aliphatic carbocycles. The van der Waals surface area contributed by atoms with E-state index < -0.39 is 0 Å². The Kier molecular flexibility index (Phi) is 5.90. The molecular formula is C18H22ClN5O2. The first-order valence-electron chi connectivity index (χ1n) is 8.55. The first-order valence-corrected chi connectivity index (χ1v) is 8.93. The fraction of sp³-hybridized carbons (Fsp3) is 0.389. The molecule has 1 aliphatic rings. The topological polar surface area (TPSA) is 102 Å². The molecule has 1 aromatic heterocycles. The molecule has 8 heteroatoms. The fourth-order valence-corrected chi connectivity index (χ4v) is 3.11. The summed E-state index contributed by atoms with van der Waals surface area (Å²) in [7, 11) is 1.60. The van der Waals surface area contributed by atoms with Crippen LogP contribution >= 0.6 is 11.6 Å². The number of nitrogens with two attached hydrogens (primary N) is 1. The number of amides is 1. The third kappa shape index (κ3) is 4.62. The molecule has 3 rings (SSSR count). The molecule has 1 heterocycles. The first kappa shape index (κ1) is 18.4. The Morgan fingerprint density at radius 1 is 1.31 bits per heavy atom. The first-order chi connectivity index (χ1) is 12.5. The number of carbonyl (C=O) groups excluding carboxylic acids is 1. The van der Waals surface area contributed by atoms with Gasteiger partial charge in [-0.15, -0.1) is 0 Å². The van der Waals surface area contributed by atoms with Crippen molar-refractivity contribution in [1.29, 1.82) is 0 Å². The highest BCUT2D eigenvalue weighted by molar-refractivity contribution is 6.33. The average Bonchev–Trinajstić information content (AvgIpc) is 2.65. The zero-order valence-corrected chi connectivity index (χ0v) is 15.3. The summed E-state index contributed by atoms with van der Waals surface area (Å²) in [5.41, 5.74) is 6.81. The normalized spacial score (nSPS) is 19.7. The van der Waals surface area contributed by atoms with Crippen LogP contribution in [0.15, 0.2) is 30.5 Å². The van der Waals surface area contributed by atoms with E-state index in [1.54, 1.807) is 7.11 Å². The maximum absolute atomic E-state index is 12.6. The highest BCUT2D eigenvalue weighted by Gasteiger charge is 2.22. The van der Waals surface area contributed by atoms with Crippen molar-refractivity contribution in [1.82, 2.24) is 15.3 Å². The monoisotopic (exact) mass is 375 g/mol. The minimum absolute atomic E-state index is 0.100. The molecule has 0 atom stereocenters. The predicted octanol–water partition coefficient (Wildman–Crippen LogP) is 2.88. The number of methoxy groups -OCH3 is 1. The number of rotatable bonds is 5. The zero-order valence-electron chi connectivity index (χ0n) is 14.5. The molecule has 26 heavy (non-hydrogen) atoms. The number of ether oxygens (including phenoxy) is 1. The second-order valence-corrected chi connectivity index (χ2v) is 6.74. The van der Waals surface area contributed by atoms with E-state index in [1.165, 1.54) is 6.20 Å². The van der Waals surface area contributed by atoms with Gasteiger partial charge in [-0.05, 0) is 37.8 Å². The van der Waals surface area contributed by atoms with E-state index in [9.17, 15) is 4.79 Å². The quantitative estimate of drug-likeness (QED) is 0.742. The van der Waals surface area contributed by atoms with Gasteiger partial charge in [-0.1, -0.05) is 17.7 Å². The summed E-state index contributed by atoms with van der Waals surface area (Å²) in [4.78, 5) is 21.0. The maximum atomic E-state index is 12.6. The molecule has 1 fully saturated rings. The summed E-state index contributed by atoms with van der Waals surface area (Å²) in [5, 5.41) is 6.26. The maximum Gasteiger partial charge on any atom is 0.271 e. The van der Waals surface area contributed by atoms with Gasteiger partial charge in [-0.25, -0.2) is 9.97 Å². The van der Waals surface area contributed by atoms with Crippen molar-refractivity contribution < 1.29 is 9.53 Å². The lowest BCUT2D eigenvalue weighted by atomic mass is 9.92. The number of nitrogens with zero attached hydrogens (tertiary/aromatic N) is 2. The van der Waals surface area contributed by atoms with E-state index >= 15 is 0 Å². The number of anilines is 2. The van der Waals surface area contributed by atoms with Crippen molar-refractivity contribution in [3.63, 3.8) is 0 Å². The predicted molar refractivity (Wildman–Crippen MR) is 101 cm³/mol. The molecule has 4 N–H and O–H groups in total. The van der Waals surface area contributed by atoms with Crippen LogP contribution in [0.5, 0.6) is 5.75 Å². The van der Waals surface area contributed by atoms with Gasteiger partial charge in [0.05, 0.1) is 18.3 Å². The molecule has 0 saturated heterocycles. The Labute approximate surface area is 157 Å². The Morgan fingerprint density at radius 2 is 2.08 bits per heavy atom. The van der Waals surface area contributed by atoms with Crippen molar-refractivity contribution in [2.24, 2.45) is 5.73 Å². The number of aromatic nitrogens is 2. The van der Waals surface area contributed by atoms with Gasteiger partial charge in [0, 0.05) is 23.8 Å². The minimum Gasteiger partial charge on any atom is -0.497 e. The number of carbonyl (C=O) groups is 1. The van der Waals surface area contributed by atoms with E-state index in [0.717, 1.165) is 31.4 Å². The lowest BCUT2D eigenvalue weighted by Gasteiger charge is -2.26. The molecule has 2 aromatic rings. The summed E-state index contributed by atoms with van der Waals surface area (Å²) in [6.07, 6.45) is 4.97. The molecule has 0 bridgehead atoms. The van der Waals surface area contributed by atoms with Gasteiger partial charge in [0.2, 0.25) is 5.95 Å². The molecule has 0 spiro atoms. The Balaban J connectivity index is 1.71. The molecule has 1 saturated carbocycles. The van der Waals surface area contributed by atoms with E-state index in [4.69, 9.17) is 22.1 Å². The van der Waals surface area contributed by atoms with Gasteiger partial charge in [0.1, 0.15) is 5.75 Å². The highest BCUT2D eigenvalue weighted by atomic mass is 35.5.